The summed E-state index contributed by atoms with van der Waals surface area (Å²) in [7, 11) is 9.03. The smallest absolute Gasteiger partial charge is 0.410 e. The van der Waals surface area contributed by atoms with Gasteiger partial charge in [-0.25, -0.2) is 48.0 Å². The van der Waals surface area contributed by atoms with Crippen molar-refractivity contribution in [2.75, 3.05) is 74.2 Å². The lowest BCUT2D eigenvalue weighted by molar-refractivity contribution is -0.136. The highest BCUT2D eigenvalue weighted by atomic mass is 19.2. The number of halogens is 4. The number of carbonyl (C=O) groups is 3. The molecule has 476 valence electrons. The summed E-state index contributed by atoms with van der Waals surface area (Å²) in [6.07, 6.45) is -0.384. The van der Waals surface area contributed by atoms with Crippen molar-refractivity contribution >= 4 is 52.3 Å². The average molecular weight is 1260 g/mol. The second-order valence-corrected chi connectivity index (χ2v) is 20.5. The van der Waals surface area contributed by atoms with Gasteiger partial charge in [0, 0.05) is 55.0 Å². The van der Waals surface area contributed by atoms with Crippen molar-refractivity contribution in [2.24, 2.45) is 15.8 Å². The molecule has 8 aromatic rings. The van der Waals surface area contributed by atoms with Crippen molar-refractivity contribution < 1.29 is 69.8 Å². The topological polar surface area (TPSA) is 273 Å². The number of aliphatic imine (C=N–C) groups is 2. The number of aromatic nitrogens is 4. The first kappa shape index (κ1) is 66.2. The van der Waals surface area contributed by atoms with E-state index in [0.29, 0.717) is 54.4 Å². The largest absolute Gasteiger partial charge is 0.497 e. The third-order valence-corrected chi connectivity index (χ3v) is 14.6. The monoisotopic (exact) mass is 1250 g/mol. The predicted molar refractivity (Wildman–Crippen MR) is 326 cm³/mol. The molecule has 3 amide bonds. The summed E-state index contributed by atoms with van der Waals surface area (Å²) >= 11 is 0. The van der Waals surface area contributed by atoms with E-state index in [4.69, 9.17) is 49.0 Å². The number of nitrogens with zero attached hydrogens (tertiary/aromatic N) is 9. The number of methoxy groups -OCH3 is 6. The number of likely N-dealkylation sites (tertiary alicyclic amines) is 2. The van der Waals surface area contributed by atoms with Gasteiger partial charge < -0.3 is 53.0 Å². The van der Waals surface area contributed by atoms with E-state index in [2.05, 4.69) is 36.4 Å². The summed E-state index contributed by atoms with van der Waals surface area (Å²) in [5, 5.41) is 17.1. The molecule has 2 atom stereocenters. The molecule has 4 heterocycles. The van der Waals surface area contributed by atoms with Crippen molar-refractivity contribution in [1.29, 1.82) is 5.26 Å². The van der Waals surface area contributed by atoms with Crippen molar-refractivity contribution in [3.63, 3.8) is 0 Å². The summed E-state index contributed by atoms with van der Waals surface area (Å²) in [5.74, 6) is 5.82. The van der Waals surface area contributed by atoms with E-state index in [1.165, 1.54) is 40.7 Å². The van der Waals surface area contributed by atoms with Crippen LogP contribution in [0.15, 0.2) is 131 Å². The van der Waals surface area contributed by atoms with Crippen LogP contribution in [-0.4, -0.2) is 128 Å². The molecule has 0 aliphatic carbocycles. The van der Waals surface area contributed by atoms with E-state index in [-0.39, 0.29) is 97.8 Å². The SMILES string of the molecule is COc1ccc(CN=C=Nc2c(C#N)cc(F)cc2OC)c(OC)c1.COc1ccc(CNc2nc3c(OC)cc(F)cc3c3nc(C4(F)CCCN(C(=O)OCc5ccccc5)C4)nn23)c(OC)c1.NNC(=O)C1(F)CCCN(C(=O)OCc2ccccc2)C1. The Morgan fingerprint density at radius 1 is 0.670 bits per heavy atom. The second kappa shape index (κ2) is 31.0. The van der Waals surface area contributed by atoms with E-state index < -0.39 is 41.1 Å². The van der Waals surface area contributed by atoms with Gasteiger partial charge in [0.2, 0.25) is 11.6 Å². The lowest BCUT2D eigenvalue weighted by Crippen LogP contribution is -2.57. The number of nitrogens with two attached hydrogens (primary N) is 1. The average Bonchev–Trinajstić information content (AvgIpc) is 1.63. The molecule has 0 saturated carbocycles. The van der Waals surface area contributed by atoms with Gasteiger partial charge >= 0.3 is 12.2 Å². The Balaban J connectivity index is 0.000000195. The number of hydrogen-bond acceptors (Lipinski definition) is 19. The van der Waals surface area contributed by atoms with Gasteiger partial charge in [0.05, 0.1) is 79.3 Å². The highest BCUT2D eigenvalue weighted by molar-refractivity contribution is 5.96. The van der Waals surface area contributed by atoms with Gasteiger partial charge in [-0.05, 0) is 73.2 Å². The number of rotatable bonds is 18. The van der Waals surface area contributed by atoms with Crippen molar-refractivity contribution in [2.45, 2.75) is 63.3 Å². The zero-order valence-electron chi connectivity index (χ0n) is 50.6. The Bertz CT molecular complexity index is 3970. The maximum absolute atomic E-state index is 16.7. The molecule has 2 aromatic heterocycles. The number of benzene rings is 6. The molecule has 2 aliphatic rings. The molecular formula is C64H66F4N12O11. The molecule has 23 nitrogen and oxygen atoms in total. The van der Waals surface area contributed by atoms with Gasteiger partial charge in [-0.15, -0.1) is 5.10 Å². The van der Waals surface area contributed by atoms with Crippen molar-refractivity contribution in [1.82, 2.24) is 34.8 Å². The molecule has 27 heteroatoms. The number of nitrogens with one attached hydrogen (secondary N) is 2. The van der Waals surface area contributed by atoms with Gasteiger partial charge in [-0.3, -0.25) is 10.2 Å². The number of carbonyl (C=O) groups excluding carboxylic acids is 3. The highest BCUT2D eigenvalue weighted by Gasteiger charge is 2.45. The Kier molecular flexibility index (Phi) is 22.5. The molecule has 2 fully saturated rings. The molecule has 0 spiro atoms. The molecule has 4 N–H and O–H groups in total. The van der Waals surface area contributed by atoms with Gasteiger partial charge in [0.1, 0.15) is 76.6 Å². The summed E-state index contributed by atoms with van der Waals surface area (Å²) < 4.78 is 103. The van der Waals surface area contributed by atoms with E-state index in [9.17, 15) is 27.6 Å². The maximum Gasteiger partial charge on any atom is 0.410 e. The van der Waals surface area contributed by atoms with Crippen molar-refractivity contribution in [3.05, 3.63) is 167 Å². The first-order valence-corrected chi connectivity index (χ1v) is 28.3. The fraction of sp³-hybridized carbons (Fsp3) is 0.312. The number of hydrogen-bond donors (Lipinski definition) is 3. The van der Waals surface area contributed by atoms with Crippen molar-refractivity contribution in [3.8, 4) is 40.6 Å². The Morgan fingerprint density at radius 2 is 1.23 bits per heavy atom. The fourth-order valence-electron chi connectivity index (χ4n) is 9.85. The zero-order valence-corrected chi connectivity index (χ0v) is 50.6. The molecule has 2 unspecified atom stereocenters. The minimum Gasteiger partial charge on any atom is -0.497 e. The molecule has 0 radical (unpaired) electrons. The van der Waals surface area contributed by atoms with Crippen LogP contribution >= 0.6 is 0 Å². The summed E-state index contributed by atoms with van der Waals surface area (Å²) in [4.78, 5) is 56.1. The number of alkyl halides is 2. The fourth-order valence-corrected chi connectivity index (χ4v) is 9.85. The third-order valence-electron chi connectivity index (χ3n) is 14.6. The molecular weight excluding hydrogens is 1190 g/mol. The molecule has 2 saturated heterocycles. The molecule has 2 aliphatic heterocycles. The van der Waals surface area contributed by atoms with Gasteiger partial charge in [-0.1, -0.05) is 60.7 Å². The van der Waals surface area contributed by atoms with Crippen LogP contribution in [-0.2, 0) is 46.2 Å². The summed E-state index contributed by atoms with van der Waals surface area (Å²) in [5.41, 5.74) is 1.55. The molecule has 91 heavy (non-hydrogen) atoms. The van der Waals surface area contributed by atoms with Crippen LogP contribution in [0.5, 0.6) is 34.5 Å². The Morgan fingerprint density at radius 3 is 1.81 bits per heavy atom. The predicted octanol–water partition coefficient (Wildman–Crippen LogP) is 10.5. The molecule has 0 bridgehead atoms. The summed E-state index contributed by atoms with van der Waals surface area (Å²) in [6.45, 7) is 0.742. The standard InChI is InChI=1S/C32H32F2N6O5.C18H16FN3O3.C14H18FN3O3/c1-42-23-11-10-21(25(16-23)43-2)17-35-30-36-27-24(14-22(33)15-26(27)44-3)28-37-29(38-40(28)30)32(34)12-7-13-39(19-32)31(41)45-18-20-8-5-4-6-9-20;1-23-15-5-4-12(16(8-15)24-2)10-21-11-22-18-13(9-20)6-14(19)7-17(18)25-3;15-14(12(19)17-16)7-4-8-18(10-14)13(20)21-9-11-5-2-1-3-6-11/h4-6,8-11,14-16H,7,12-13,17-19H2,1-3H3,(H,35,36);4-8H,10H2,1-3H3;1-3,5-6H,4,7-10,16H2,(H,17,19). The van der Waals surface area contributed by atoms with E-state index >= 15 is 4.39 Å². The number of ether oxygens (including phenoxy) is 8. The van der Waals surface area contributed by atoms with Crippen LogP contribution in [0.1, 0.15) is 59.3 Å². The normalized spacial score (nSPS) is 15.8. The number of hydrazine groups is 1. The number of anilines is 1. The number of amides is 3. The quantitative estimate of drug-likeness (QED) is 0.0237. The van der Waals surface area contributed by atoms with E-state index in [1.54, 1.807) is 58.1 Å². The van der Waals surface area contributed by atoms with Crippen LogP contribution in [0.4, 0.5) is 38.8 Å². The maximum atomic E-state index is 16.7. The first-order valence-electron chi connectivity index (χ1n) is 28.3. The van der Waals surface area contributed by atoms with Crippen LogP contribution in [0.25, 0.3) is 16.6 Å². The lowest BCUT2D eigenvalue weighted by atomic mass is 9.94. The Labute approximate surface area is 520 Å². The lowest BCUT2D eigenvalue weighted by Gasteiger charge is -2.35. The molecule has 6 aromatic carbocycles. The van der Waals surface area contributed by atoms with Crippen LogP contribution in [0.2, 0.25) is 0 Å². The van der Waals surface area contributed by atoms with E-state index in [0.717, 1.165) is 34.4 Å². The van der Waals surface area contributed by atoms with Crippen LogP contribution < -0.4 is 45.0 Å². The van der Waals surface area contributed by atoms with Gasteiger partial charge in [0.15, 0.2) is 17.1 Å². The second-order valence-electron chi connectivity index (χ2n) is 20.5. The number of nitriles is 1. The summed E-state index contributed by atoms with van der Waals surface area (Å²) in [6, 6.07) is 38.3. The van der Waals surface area contributed by atoms with Crippen LogP contribution in [0, 0.1) is 23.0 Å². The zero-order chi connectivity index (χ0) is 65.1. The highest BCUT2D eigenvalue weighted by Crippen LogP contribution is 2.38. The van der Waals surface area contributed by atoms with E-state index in [1.807, 2.05) is 78.9 Å². The first-order chi connectivity index (χ1) is 44.0. The van der Waals surface area contributed by atoms with Gasteiger partial charge in [0.25, 0.3) is 5.91 Å². The minimum absolute atomic E-state index is 0.0402. The van der Waals surface area contributed by atoms with Crippen LogP contribution in [0.3, 0.4) is 0 Å². The van der Waals surface area contributed by atoms with Gasteiger partial charge in [-0.2, -0.15) is 14.8 Å². The third kappa shape index (κ3) is 16.5. The number of piperidine rings is 2. The number of fused-ring (bicyclic) bond motifs is 3. The Hall–Kier alpha value is -10.7. The molecule has 10 rings (SSSR count). The minimum atomic E-state index is -2.15.